The number of hydrogen-bond acceptors (Lipinski definition) is 3. The van der Waals surface area contributed by atoms with E-state index in [1.54, 1.807) is 0 Å². The van der Waals surface area contributed by atoms with Gasteiger partial charge < -0.3 is 15.1 Å². The van der Waals surface area contributed by atoms with E-state index in [1.807, 2.05) is 73.6 Å². The van der Waals surface area contributed by atoms with Gasteiger partial charge in [-0.25, -0.2) is 0 Å². The van der Waals surface area contributed by atoms with Gasteiger partial charge in [-0.1, -0.05) is 48.5 Å². The lowest BCUT2D eigenvalue weighted by Crippen LogP contribution is -2.41. The van der Waals surface area contributed by atoms with Gasteiger partial charge in [-0.15, -0.1) is 0 Å². The van der Waals surface area contributed by atoms with Crippen molar-refractivity contribution in [2.45, 2.75) is 18.9 Å². The largest absolute Gasteiger partial charge is 0.337 e. The molecule has 2 amide bonds. The average molecular weight is 351 g/mol. The van der Waals surface area contributed by atoms with E-state index in [9.17, 15) is 9.59 Å². The van der Waals surface area contributed by atoms with Crippen molar-refractivity contribution in [3.8, 4) is 0 Å². The Morgan fingerprint density at radius 2 is 1.73 bits per heavy atom. The van der Waals surface area contributed by atoms with Crippen molar-refractivity contribution in [3.05, 3.63) is 65.7 Å². The zero-order valence-electron chi connectivity index (χ0n) is 15.3. The summed E-state index contributed by atoms with van der Waals surface area (Å²) in [4.78, 5) is 29.4. The van der Waals surface area contributed by atoms with Crippen molar-refractivity contribution in [2.24, 2.45) is 0 Å². The van der Waals surface area contributed by atoms with Crippen LogP contribution in [-0.4, -0.2) is 48.8 Å². The van der Waals surface area contributed by atoms with Crippen LogP contribution >= 0.6 is 0 Å². The van der Waals surface area contributed by atoms with Crippen molar-refractivity contribution < 1.29 is 9.59 Å². The maximum Gasteiger partial charge on any atom is 0.231 e. The van der Waals surface area contributed by atoms with Crippen LogP contribution in [0, 0.1) is 0 Å². The minimum absolute atomic E-state index is 0.0120. The predicted molar refractivity (Wildman–Crippen MR) is 103 cm³/mol. The molecule has 2 aromatic carbocycles. The Bertz CT molecular complexity index is 774. The van der Waals surface area contributed by atoms with Crippen molar-refractivity contribution in [1.29, 1.82) is 0 Å². The first-order valence-electron chi connectivity index (χ1n) is 8.91. The van der Waals surface area contributed by atoms with Gasteiger partial charge in [0.15, 0.2) is 0 Å². The fourth-order valence-corrected chi connectivity index (χ4v) is 3.24. The molecule has 0 spiro atoms. The summed E-state index contributed by atoms with van der Waals surface area (Å²) in [5.41, 5.74) is 2.74. The third kappa shape index (κ3) is 4.29. The van der Waals surface area contributed by atoms with E-state index in [0.29, 0.717) is 13.1 Å². The maximum absolute atomic E-state index is 13.4. The average Bonchev–Trinajstić information content (AvgIpc) is 2.64. The molecule has 0 saturated heterocycles. The van der Waals surface area contributed by atoms with Gasteiger partial charge in [0.25, 0.3) is 0 Å². The topological polar surface area (TPSA) is 52.7 Å². The molecule has 136 valence electrons. The van der Waals surface area contributed by atoms with E-state index < -0.39 is 5.92 Å². The Morgan fingerprint density at radius 3 is 2.46 bits per heavy atom. The SMILES string of the molecule is CN(C)CCN(Cc1ccccc1)C(=O)C1CC(=O)Nc2ccccc21. The molecule has 0 aliphatic carbocycles. The number of likely N-dealkylation sites (N-methyl/N-ethyl adjacent to an activating group) is 1. The highest BCUT2D eigenvalue weighted by Gasteiger charge is 2.33. The number of para-hydroxylation sites is 1. The molecule has 0 aromatic heterocycles. The number of nitrogens with zero attached hydrogens (tertiary/aromatic N) is 2. The van der Waals surface area contributed by atoms with Crippen LogP contribution in [0.15, 0.2) is 54.6 Å². The number of benzene rings is 2. The molecule has 3 rings (SSSR count). The number of hydrogen-bond donors (Lipinski definition) is 1. The molecule has 0 saturated carbocycles. The summed E-state index contributed by atoms with van der Waals surface area (Å²) in [7, 11) is 3.99. The summed E-state index contributed by atoms with van der Waals surface area (Å²) in [5.74, 6) is -0.516. The Kier molecular flexibility index (Phi) is 5.68. The predicted octanol–water partition coefficient (Wildman–Crippen LogP) is 2.70. The zero-order chi connectivity index (χ0) is 18.5. The fraction of sp³-hybridized carbons (Fsp3) is 0.333. The molecule has 1 heterocycles. The van der Waals surface area contributed by atoms with Crippen LogP contribution in [-0.2, 0) is 16.1 Å². The van der Waals surface area contributed by atoms with Crippen LogP contribution in [0.2, 0.25) is 0 Å². The molecule has 1 atom stereocenters. The standard InChI is InChI=1S/C21H25N3O2/c1-23(2)12-13-24(15-16-8-4-3-5-9-16)21(26)18-14-20(25)22-19-11-7-6-10-17(18)19/h3-11,18H,12-15H2,1-2H3,(H,22,25). The van der Waals surface area contributed by atoms with E-state index in [2.05, 4.69) is 10.2 Å². The van der Waals surface area contributed by atoms with E-state index in [-0.39, 0.29) is 18.2 Å². The molecule has 1 unspecified atom stereocenters. The van der Waals surface area contributed by atoms with Crippen molar-refractivity contribution in [1.82, 2.24) is 9.80 Å². The van der Waals surface area contributed by atoms with Crippen molar-refractivity contribution >= 4 is 17.5 Å². The summed E-state index contributed by atoms with van der Waals surface area (Å²) < 4.78 is 0. The van der Waals surface area contributed by atoms with Crippen molar-refractivity contribution in [2.75, 3.05) is 32.5 Å². The number of carbonyl (C=O) groups is 2. The Balaban J connectivity index is 1.85. The second-order valence-electron chi connectivity index (χ2n) is 6.94. The zero-order valence-corrected chi connectivity index (χ0v) is 15.3. The first kappa shape index (κ1) is 18.1. The molecule has 1 aliphatic heterocycles. The molecule has 0 fully saturated rings. The van der Waals surface area contributed by atoms with Gasteiger partial charge in [-0.3, -0.25) is 9.59 Å². The highest BCUT2D eigenvalue weighted by atomic mass is 16.2. The fourth-order valence-electron chi connectivity index (χ4n) is 3.24. The Labute approximate surface area is 154 Å². The second kappa shape index (κ2) is 8.15. The van der Waals surface area contributed by atoms with E-state index >= 15 is 0 Å². The normalized spacial score (nSPS) is 16.1. The molecule has 5 nitrogen and oxygen atoms in total. The van der Waals surface area contributed by atoms with Gasteiger partial charge in [-0.05, 0) is 31.3 Å². The first-order valence-corrected chi connectivity index (χ1v) is 8.91. The van der Waals surface area contributed by atoms with Crippen molar-refractivity contribution in [3.63, 3.8) is 0 Å². The molecular formula is C21H25N3O2. The smallest absolute Gasteiger partial charge is 0.231 e. The van der Waals surface area contributed by atoms with Crippen LogP contribution in [0.25, 0.3) is 0 Å². The summed E-state index contributed by atoms with van der Waals surface area (Å²) >= 11 is 0. The van der Waals surface area contributed by atoms with Gasteiger partial charge >= 0.3 is 0 Å². The third-order valence-corrected chi connectivity index (χ3v) is 4.64. The molecule has 0 radical (unpaired) electrons. The number of nitrogens with one attached hydrogen (secondary N) is 1. The molecular weight excluding hydrogens is 326 g/mol. The number of amides is 2. The van der Waals surface area contributed by atoms with Gasteiger partial charge in [-0.2, -0.15) is 0 Å². The minimum atomic E-state index is -0.425. The highest BCUT2D eigenvalue weighted by Crippen LogP contribution is 2.33. The monoisotopic (exact) mass is 351 g/mol. The molecule has 1 aliphatic rings. The van der Waals surface area contributed by atoms with Gasteiger partial charge in [0.05, 0.1) is 5.92 Å². The molecule has 0 bridgehead atoms. The minimum Gasteiger partial charge on any atom is -0.337 e. The van der Waals surface area contributed by atoms with Gasteiger partial charge in [0.2, 0.25) is 11.8 Å². The number of anilines is 1. The summed E-state index contributed by atoms with van der Waals surface area (Å²) in [6.07, 6.45) is 0.198. The number of rotatable bonds is 6. The van der Waals surface area contributed by atoms with E-state index in [4.69, 9.17) is 0 Å². The van der Waals surface area contributed by atoms with Crippen LogP contribution in [0.4, 0.5) is 5.69 Å². The summed E-state index contributed by atoms with van der Waals surface area (Å²) in [5, 5.41) is 2.87. The number of fused-ring (bicyclic) bond motifs is 1. The van der Waals surface area contributed by atoms with Crippen LogP contribution in [0.3, 0.4) is 0 Å². The van der Waals surface area contributed by atoms with Crippen LogP contribution in [0.1, 0.15) is 23.5 Å². The first-order chi connectivity index (χ1) is 12.5. The Morgan fingerprint density at radius 1 is 1.04 bits per heavy atom. The lowest BCUT2D eigenvalue weighted by Gasteiger charge is -2.31. The lowest BCUT2D eigenvalue weighted by atomic mass is 9.89. The molecule has 5 heteroatoms. The van der Waals surface area contributed by atoms with Crippen LogP contribution in [0.5, 0.6) is 0 Å². The van der Waals surface area contributed by atoms with Gasteiger partial charge in [0, 0.05) is 31.7 Å². The summed E-state index contributed by atoms with van der Waals surface area (Å²) in [6, 6.07) is 17.6. The number of carbonyl (C=O) groups excluding carboxylic acids is 2. The van der Waals surface area contributed by atoms with Crippen LogP contribution < -0.4 is 5.32 Å². The van der Waals surface area contributed by atoms with E-state index in [1.165, 1.54) is 0 Å². The summed E-state index contributed by atoms with van der Waals surface area (Å²) in [6.45, 7) is 1.95. The van der Waals surface area contributed by atoms with E-state index in [0.717, 1.165) is 23.4 Å². The highest BCUT2D eigenvalue weighted by molar-refractivity contribution is 6.01. The maximum atomic E-state index is 13.4. The third-order valence-electron chi connectivity index (χ3n) is 4.64. The molecule has 1 N–H and O–H groups in total. The second-order valence-corrected chi connectivity index (χ2v) is 6.94. The van der Waals surface area contributed by atoms with Gasteiger partial charge in [0.1, 0.15) is 0 Å². The Hall–Kier alpha value is -2.66. The molecule has 2 aromatic rings. The quantitative estimate of drug-likeness (QED) is 0.871. The lowest BCUT2D eigenvalue weighted by molar-refractivity contribution is -0.135. The molecule has 26 heavy (non-hydrogen) atoms.